The second-order valence-electron chi connectivity index (χ2n) is 3.78. The Kier molecular flexibility index (Phi) is 4.00. The fourth-order valence-corrected chi connectivity index (χ4v) is 2.66. The van der Waals surface area contributed by atoms with Gasteiger partial charge in [0.2, 0.25) is 0 Å². The topological polar surface area (TPSA) is 40.5 Å². The number of aliphatic hydroxyl groups excluding tert-OH is 2. The molecule has 0 radical (unpaired) electrons. The molecule has 3 heteroatoms. The third kappa shape index (κ3) is 2.71. The maximum Gasteiger partial charge on any atom is 0.0694 e. The first-order valence-electron chi connectivity index (χ1n) is 4.61. The Morgan fingerprint density at radius 2 is 2.17 bits per heavy atom. The molecule has 0 unspecified atom stereocenters. The third-order valence-corrected chi connectivity index (χ3v) is 3.55. The quantitative estimate of drug-likeness (QED) is 0.717. The maximum atomic E-state index is 9.73. The first-order chi connectivity index (χ1) is 5.61. The summed E-state index contributed by atoms with van der Waals surface area (Å²) in [5.41, 5.74) is 0. The van der Waals surface area contributed by atoms with Crippen LogP contribution in [-0.2, 0) is 0 Å². The Bertz CT molecular complexity index is 138. The fourth-order valence-electron chi connectivity index (χ4n) is 1.91. The summed E-state index contributed by atoms with van der Waals surface area (Å²) in [6, 6.07) is 0. The Morgan fingerprint density at radius 3 is 2.75 bits per heavy atom. The normalized spacial score (nSPS) is 39.5. The Labute approximate surface area is 82.1 Å². The van der Waals surface area contributed by atoms with Crippen LogP contribution in [0.4, 0.5) is 0 Å². The highest BCUT2D eigenvalue weighted by atomic mass is 79.9. The molecule has 0 heterocycles. The first-order valence-corrected chi connectivity index (χ1v) is 5.53. The van der Waals surface area contributed by atoms with Gasteiger partial charge in [0.05, 0.1) is 12.2 Å². The number of hydrogen-bond acceptors (Lipinski definition) is 2. The van der Waals surface area contributed by atoms with Crippen LogP contribution in [0.1, 0.15) is 32.6 Å². The predicted octanol–water partition coefficient (Wildman–Crippen LogP) is 1.68. The molecule has 12 heavy (non-hydrogen) atoms. The van der Waals surface area contributed by atoms with Crippen molar-refractivity contribution in [2.45, 2.75) is 49.6 Å². The molecule has 2 N–H and O–H groups in total. The molecule has 4 atom stereocenters. The van der Waals surface area contributed by atoms with Gasteiger partial charge in [0.15, 0.2) is 0 Å². The van der Waals surface area contributed by atoms with Crippen molar-refractivity contribution in [1.82, 2.24) is 0 Å². The molecule has 0 bridgehead atoms. The van der Waals surface area contributed by atoms with E-state index in [9.17, 15) is 10.2 Å². The van der Waals surface area contributed by atoms with Crippen molar-refractivity contribution in [3.8, 4) is 0 Å². The van der Waals surface area contributed by atoms with E-state index in [1.807, 2.05) is 0 Å². The summed E-state index contributed by atoms with van der Waals surface area (Å²) >= 11 is 3.45. The second-order valence-corrected chi connectivity index (χ2v) is 4.96. The van der Waals surface area contributed by atoms with Crippen molar-refractivity contribution in [2.24, 2.45) is 5.92 Å². The third-order valence-electron chi connectivity index (χ3n) is 2.55. The van der Waals surface area contributed by atoms with E-state index in [0.29, 0.717) is 0 Å². The van der Waals surface area contributed by atoms with Gasteiger partial charge in [-0.2, -0.15) is 0 Å². The molecule has 72 valence electrons. The molecular weight excluding hydrogens is 220 g/mol. The fraction of sp³-hybridized carbons (Fsp3) is 1.00. The van der Waals surface area contributed by atoms with Gasteiger partial charge in [-0.3, -0.25) is 0 Å². The molecule has 0 spiro atoms. The molecule has 0 aliphatic heterocycles. The van der Waals surface area contributed by atoms with Gasteiger partial charge < -0.3 is 10.2 Å². The number of alkyl halides is 1. The van der Waals surface area contributed by atoms with Crippen LogP contribution < -0.4 is 0 Å². The highest BCUT2D eigenvalue weighted by molar-refractivity contribution is 9.09. The molecule has 1 aliphatic carbocycles. The average molecular weight is 237 g/mol. The Balaban J connectivity index is 2.41. The van der Waals surface area contributed by atoms with Crippen molar-refractivity contribution in [2.75, 3.05) is 0 Å². The lowest BCUT2D eigenvalue weighted by Crippen LogP contribution is -2.35. The van der Waals surface area contributed by atoms with E-state index in [2.05, 4.69) is 15.9 Å². The van der Waals surface area contributed by atoms with Crippen molar-refractivity contribution in [1.29, 1.82) is 0 Å². The highest BCUT2D eigenvalue weighted by Gasteiger charge is 2.30. The molecule has 0 aromatic rings. The molecule has 0 aromatic carbocycles. The first kappa shape index (κ1) is 10.5. The van der Waals surface area contributed by atoms with Crippen LogP contribution in [0.5, 0.6) is 0 Å². The van der Waals surface area contributed by atoms with Crippen LogP contribution in [0.2, 0.25) is 0 Å². The van der Waals surface area contributed by atoms with Gasteiger partial charge in [0.1, 0.15) is 0 Å². The number of aliphatic hydroxyl groups is 2. The molecular formula is C9H17BrO2. The zero-order chi connectivity index (χ0) is 9.14. The van der Waals surface area contributed by atoms with Crippen LogP contribution in [0.3, 0.4) is 0 Å². The van der Waals surface area contributed by atoms with Crippen LogP contribution in [0, 0.1) is 5.92 Å². The zero-order valence-corrected chi connectivity index (χ0v) is 9.00. The Hall–Kier alpha value is 0.400. The van der Waals surface area contributed by atoms with E-state index in [4.69, 9.17) is 0 Å². The van der Waals surface area contributed by atoms with Gasteiger partial charge in [0, 0.05) is 4.83 Å². The molecule has 1 rings (SSSR count). The van der Waals surface area contributed by atoms with Gasteiger partial charge in [-0.15, -0.1) is 0 Å². The van der Waals surface area contributed by atoms with E-state index in [1.54, 1.807) is 6.92 Å². The minimum absolute atomic E-state index is 0.231. The van der Waals surface area contributed by atoms with Crippen LogP contribution >= 0.6 is 15.9 Å². The summed E-state index contributed by atoms with van der Waals surface area (Å²) in [7, 11) is 0. The smallest absolute Gasteiger partial charge is 0.0694 e. The lowest BCUT2D eigenvalue weighted by atomic mass is 9.83. The van der Waals surface area contributed by atoms with Gasteiger partial charge in [-0.05, 0) is 32.1 Å². The molecule has 1 saturated carbocycles. The van der Waals surface area contributed by atoms with E-state index in [-0.39, 0.29) is 23.0 Å². The van der Waals surface area contributed by atoms with Crippen LogP contribution in [0.25, 0.3) is 0 Å². The summed E-state index contributed by atoms with van der Waals surface area (Å²) in [6.07, 6.45) is 3.43. The van der Waals surface area contributed by atoms with Gasteiger partial charge in [-0.1, -0.05) is 22.4 Å². The summed E-state index contributed by atoms with van der Waals surface area (Å²) in [5.74, 6) is 0.281. The summed E-state index contributed by atoms with van der Waals surface area (Å²) < 4.78 is 0. The minimum atomic E-state index is -0.289. The van der Waals surface area contributed by atoms with Crippen LogP contribution in [0.15, 0.2) is 0 Å². The molecule has 0 amide bonds. The molecule has 1 fully saturated rings. The van der Waals surface area contributed by atoms with Gasteiger partial charge >= 0.3 is 0 Å². The van der Waals surface area contributed by atoms with Gasteiger partial charge in [0.25, 0.3) is 0 Å². The predicted molar refractivity (Wildman–Crippen MR) is 52.4 cm³/mol. The lowest BCUT2D eigenvalue weighted by molar-refractivity contribution is 0.0444. The van der Waals surface area contributed by atoms with E-state index >= 15 is 0 Å². The summed E-state index contributed by atoms with van der Waals surface area (Å²) in [6.45, 7) is 1.78. The standard InChI is InChI=1S/C9H17BrO2/c1-6(11)5-7-3-2-4-8(10)9(7)12/h6-9,11-12H,2-5H2,1H3/t6-,7-,8+,9+/m0/s1. The van der Waals surface area contributed by atoms with Gasteiger partial charge in [-0.25, -0.2) is 0 Å². The maximum absolute atomic E-state index is 9.73. The van der Waals surface area contributed by atoms with E-state index in [1.165, 1.54) is 0 Å². The molecule has 2 nitrogen and oxygen atoms in total. The van der Waals surface area contributed by atoms with Crippen LogP contribution in [-0.4, -0.2) is 27.2 Å². The molecule has 1 aliphatic rings. The van der Waals surface area contributed by atoms with Crippen molar-refractivity contribution in [3.63, 3.8) is 0 Å². The number of rotatable bonds is 2. The molecule has 0 aromatic heterocycles. The van der Waals surface area contributed by atoms with Crippen molar-refractivity contribution < 1.29 is 10.2 Å². The number of halogens is 1. The molecule has 0 saturated heterocycles. The largest absolute Gasteiger partial charge is 0.393 e. The summed E-state index contributed by atoms with van der Waals surface area (Å²) in [5, 5.41) is 18.9. The van der Waals surface area contributed by atoms with Crippen molar-refractivity contribution >= 4 is 15.9 Å². The monoisotopic (exact) mass is 236 g/mol. The second kappa shape index (κ2) is 4.58. The number of hydrogen-bond donors (Lipinski definition) is 2. The van der Waals surface area contributed by atoms with Crippen molar-refractivity contribution in [3.05, 3.63) is 0 Å². The lowest BCUT2D eigenvalue weighted by Gasteiger charge is -2.32. The minimum Gasteiger partial charge on any atom is -0.393 e. The van der Waals surface area contributed by atoms with E-state index in [0.717, 1.165) is 25.7 Å². The Morgan fingerprint density at radius 1 is 1.50 bits per heavy atom. The highest BCUT2D eigenvalue weighted by Crippen LogP contribution is 2.32. The average Bonchev–Trinajstić information content (AvgIpc) is 1.98. The summed E-state index contributed by atoms with van der Waals surface area (Å²) in [4.78, 5) is 0.231. The van der Waals surface area contributed by atoms with E-state index < -0.39 is 0 Å². The SMILES string of the molecule is C[C@H](O)C[C@@H]1CCC[C@@H](Br)[C@@H]1O. The zero-order valence-electron chi connectivity index (χ0n) is 7.41.